The van der Waals surface area contributed by atoms with Crippen LogP contribution in [-0.4, -0.2) is 93.3 Å². The van der Waals surface area contributed by atoms with Crippen molar-refractivity contribution in [3.63, 3.8) is 0 Å². The number of hydrogen-bond donors (Lipinski definition) is 2. The van der Waals surface area contributed by atoms with Gasteiger partial charge in [0.05, 0.1) is 43.0 Å². The van der Waals surface area contributed by atoms with Crippen molar-refractivity contribution < 1.29 is 41.0 Å². The highest BCUT2D eigenvalue weighted by molar-refractivity contribution is 7.90. The fraction of sp³-hybridized carbons (Fsp3) is 0.500. The van der Waals surface area contributed by atoms with E-state index in [2.05, 4.69) is 56.0 Å². The summed E-state index contributed by atoms with van der Waals surface area (Å²) in [7, 11) is -7.78. The SMILES string of the molecule is CC(C)(C)c1nc2cc(S(=O)(=O)n3ccc(C(=O)NC4CCC4)c3)ccc2n1CC1CCOCC1.CC(C)(C)c1nc2cc(S(=O)(=O)n3ccc(C(=O)O)c3)ccc2n1CC1CCOCC1. The molecule has 0 bridgehead atoms. The van der Waals surface area contributed by atoms with E-state index in [-0.39, 0.29) is 38.1 Å². The summed E-state index contributed by atoms with van der Waals surface area (Å²) < 4.78 is 70.4. The van der Waals surface area contributed by atoms with E-state index in [0.717, 1.165) is 121 Å². The summed E-state index contributed by atoms with van der Waals surface area (Å²) in [5, 5.41) is 12.0. The first-order valence-corrected chi connectivity index (χ1v) is 25.7. The number of aromatic nitrogens is 6. The van der Waals surface area contributed by atoms with E-state index >= 15 is 0 Å². The largest absolute Gasteiger partial charge is 0.478 e. The molecule has 1 amide bonds. The van der Waals surface area contributed by atoms with Crippen molar-refractivity contribution in [1.29, 1.82) is 0 Å². The maximum Gasteiger partial charge on any atom is 0.337 e. The number of benzene rings is 2. The van der Waals surface area contributed by atoms with Crippen LogP contribution < -0.4 is 5.32 Å². The monoisotopic (exact) mass is 943 g/mol. The molecular formula is C48H61N7O9S2. The Morgan fingerprint density at radius 2 is 1.08 bits per heavy atom. The molecule has 9 rings (SSSR count). The summed E-state index contributed by atoms with van der Waals surface area (Å²) in [6.07, 6.45) is 12.2. The molecule has 354 valence electrons. The zero-order valence-electron chi connectivity index (χ0n) is 38.6. The highest BCUT2D eigenvalue weighted by atomic mass is 32.2. The third-order valence-electron chi connectivity index (χ3n) is 12.8. The highest BCUT2D eigenvalue weighted by Crippen LogP contribution is 2.33. The van der Waals surface area contributed by atoms with E-state index in [1.807, 2.05) is 6.07 Å². The molecule has 0 spiro atoms. The highest BCUT2D eigenvalue weighted by Gasteiger charge is 2.30. The average Bonchev–Trinajstić information content (AvgIpc) is 4.09. The van der Waals surface area contributed by atoms with Crippen molar-refractivity contribution in [2.75, 3.05) is 26.4 Å². The number of nitrogens with one attached hydrogen (secondary N) is 1. The van der Waals surface area contributed by atoms with Gasteiger partial charge in [0.25, 0.3) is 26.0 Å². The topological polar surface area (TPSA) is 199 Å². The van der Waals surface area contributed by atoms with Crippen molar-refractivity contribution in [3.05, 3.63) is 96.1 Å². The number of nitrogens with zero attached hydrogens (tertiary/aromatic N) is 6. The maximum atomic E-state index is 13.4. The van der Waals surface area contributed by atoms with Crippen LogP contribution in [0.1, 0.15) is 119 Å². The summed E-state index contributed by atoms with van der Waals surface area (Å²) in [5.41, 5.74) is 2.98. The van der Waals surface area contributed by atoms with E-state index in [9.17, 15) is 26.4 Å². The van der Waals surface area contributed by atoms with Crippen LogP contribution in [0.15, 0.2) is 83.1 Å². The molecule has 3 aliphatic rings. The number of carbonyl (C=O) groups is 2. The number of imidazole rings is 2. The number of rotatable bonds is 11. The second-order valence-electron chi connectivity index (χ2n) is 19.9. The summed E-state index contributed by atoms with van der Waals surface area (Å²) in [6.45, 7) is 17.4. The molecular weight excluding hydrogens is 883 g/mol. The first-order chi connectivity index (χ1) is 31.2. The first-order valence-electron chi connectivity index (χ1n) is 22.8. The first kappa shape index (κ1) is 47.2. The van der Waals surface area contributed by atoms with Gasteiger partial charge >= 0.3 is 5.97 Å². The fourth-order valence-corrected chi connectivity index (χ4v) is 11.2. The molecule has 1 aliphatic carbocycles. The number of carbonyl (C=O) groups excluding carboxylic acids is 1. The minimum Gasteiger partial charge on any atom is -0.478 e. The molecule has 3 fully saturated rings. The number of carboxylic acids is 1. The number of aromatic carboxylic acids is 1. The average molecular weight is 944 g/mol. The van der Waals surface area contributed by atoms with Crippen LogP contribution >= 0.6 is 0 Å². The number of hydrogen-bond acceptors (Lipinski definition) is 10. The maximum absolute atomic E-state index is 13.4. The van der Waals surface area contributed by atoms with Gasteiger partial charge in [0.15, 0.2) is 0 Å². The molecule has 2 aliphatic heterocycles. The molecule has 1 saturated carbocycles. The van der Waals surface area contributed by atoms with Gasteiger partial charge in [0.1, 0.15) is 11.6 Å². The molecule has 16 nitrogen and oxygen atoms in total. The van der Waals surface area contributed by atoms with Gasteiger partial charge < -0.3 is 29.0 Å². The lowest BCUT2D eigenvalue weighted by molar-refractivity contribution is 0.0610. The summed E-state index contributed by atoms with van der Waals surface area (Å²) in [6, 6.07) is 13.1. The van der Waals surface area contributed by atoms with E-state index in [0.29, 0.717) is 28.4 Å². The van der Waals surface area contributed by atoms with E-state index in [4.69, 9.17) is 24.5 Å². The Hall–Kier alpha value is -5.30. The molecule has 4 aromatic heterocycles. The molecule has 2 N–H and O–H groups in total. The van der Waals surface area contributed by atoms with Crippen molar-refractivity contribution in [3.8, 4) is 0 Å². The van der Waals surface area contributed by atoms with Gasteiger partial charge in [-0.15, -0.1) is 0 Å². The lowest BCUT2D eigenvalue weighted by Crippen LogP contribution is -2.39. The fourth-order valence-electron chi connectivity index (χ4n) is 8.81. The molecule has 66 heavy (non-hydrogen) atoms. The third kappa shape index (κ3) is 9.87. The smallest absolute Gasteiger partial charge is 0.337 e. The summed E-state index contributed by atoms with van der Waals surface area (Å²) in [5.74, 6) is 1.45. The molecule has 0 atom stereocenters. The summed E-state index contributed by atoms with van der Waals surface area (Å²) in [4.78, 5) is 33.5. The van der Waals surface area contributed by atoms with Crippen LogP contribution in [0.3, 0.4) is 0 Å². The molecule has 2 saturated heterocycles. The molecule has 6 heterocycles. The number of amides is 1. The van der Waals surface area contributed by atoms with Crippen LogP contribution in [0.5, 0.6) is 0 Å². The van der Waals surface area contributed by atoms with Gasteiger partial charge in [0.2, 0.25) is 0 Å². The van der Waals surface area contributed by atoms with Crippen molar-refractivity contribution in [2.45, 2.75) is 126 Å². The van der Waals surface area contributed by atoms with E-state index in [1.165, 1.54) is 24.7 Å². The normalized spacial score (nSPS) is 17.1. The van der Waals surface area contributed by atoms with Gasteiger partial charge in [0, 0.05) is 81.2 Å². The van der Waals surface area contributed by atoms with E-state index in [1.54, 1.807) is 36.4 Å². The molecule has 6 aromatic rings. The van der Waals surface area contributed by atoms with Gasteiger partial charge in [-0.25, -0.2) is 39.5 Å². The summed E-state index contributed by atoms with van der Waals surface area (Å²) >= 11 is 0. The lowest BCUT2D eigenvalue weighted by Gasteiger charge is -2.26. The van der Waals surface area contributed by atoms with Gasteiger partial charge in [-0.3, -0.25) is 4.79 Å². The quantitative estimate of drug-likeness (QED) is 0.130. The standard InChI is InChI=1S/C26H34N4O4S.C22H27N3O5S/c1-26(2,3)25-28-22-15-21(7-8-23(22)30(25)16-18-10-13-34-14-11-18)35(32,33)29-12-9-19(17-29)24(31)27-20-5-4-6-20;1-22(2,3)21-23-18-12-17(31(28,29)24-9-6-16(14-24)20(26)27)4-5-19(18)25(21)13-15-7-10-30-11-8-15/h7-9,12,15,17-18,20H,4-6,10-11,13-14,16H2,1-3H3,(H,27,31);4-6,9,12,14-15H,7-8,10-11,13H2,1-3H3,(H,26,27). The number of fused-ring (bicyclic) bond motifs is 2. The Bertz CT molecular complexity index is 2970. The minimum absolute atomic E-state index is 0.0729. The molecule has 0 radical (unpaired) electrons. The Morgan fingerprint density at radius 3 is 1.45 bits per heavy atom. The number of carboxylic acid groups (broad SMARTS) is 1. The van der Waals surface area contributed by atoms with Crippen molar-refractivity contribution in [1.82, 2.24) is 32.4 Å². The Labute approximate surface area is 386 Å². The Morgan fingerprint density at radius 1 is 0.652 bits per heavy atom. The van der Waals surface area contributed by atoms with Crippen LogP contribution in [0.2, 0.25) is 0 Å². The minimum atomic E-state index is -3.92. The van der Waals surface area contributed by atoms with Gasteiger partial charge in [-0.1, -0.05) is 41.5 Å². The van der Waals surface area contributed by atoms with Gasteiger partial charge in [-0.05, 0) is 105 Å². The van der Waals surface area contributed by atoms with Crippen molar-refractivity contribution in [2.24, 2.45) is 11.8 Å². The zero-order chi connectivity index (χ0) is 47.2. The van der Waals surface area contributed by atoms with Crippen LogP contribution in [-0.2, 0) is 53.4 Å². The van der Waals surface area contributed by atoms with E-state index < -0.39 is 26.0 Å². The Balaban J connectivity index is 0.000000181. The predicted molar refractivity (Wildman–Crippen MR) is 250 cm³/mol. The van der Waals surface area contributed by atoms with Crippen LogP contribution in [0.25, 0.3) is 22.1 Å². The van der Waals surface area contributed by atoms with Crippen molar-refractivity contribution >= 4 is 54.0 Å². The second-order valence-corrected chi connectivity index (χ2v) is 23.6. The molecule has 0 unspecified atom stereocenters. The predicted octanol–water partition coefficient (Wildman–Crippen LogP) is 7.58. The van der Waals surface area contributed by atoms with Crippen LogP contribution in [0, 0.1) is 11.8 Å². The zero-order valence-corrected chi connectivity index (χ0v) is 40.2. The molecule has 18 heteroatoms. The van der Waals surface area contributed by atoms with Gasteiger partial charge in [-0.2, -0.15) is 0 Å². The molecule has 2 aromatic carbocycles. The lowest BCUT2D eigenvalue weighted by atomic mass is 9.93. The number of ether oxygens (including phenoxy) is 2. The Kier molecular flexibility index (Phi) is 13.2. The third-order valence-corrected chi connectivity index (χ3v) is 16.0. The second kappa shape index (κ2) is 18.4. The van der Waals surface area contributed by atoms with Crippen LogP contribution in [0.4, 0.5) is 0 Å².